The predicted octanol–water partition coefficient (Wildman–Crippen LogP) is 5.92. The highest BCUT2D eigenvalue weighted by Gasteiger charge is 2.23. The van der Waals surface area contributed by atoms with Gasteiger partial charge in [-0.1, -0.05) is 35.3 Å². The lowest BCUT2D eigenvalue weighted by Crippen LogP contribution is -2.17. The van der Waals surface area contributed by atoms with Crippen LogP contribution >= 0.6 is 35.0 Å². The Morgan fingerprint density at radius 2 is 1.86 bits per heavy atom. The molecule has 110 valence electrons. The molecule has 0 spiro atoms. The van der Waals surface area contributed by atoms with E-state index < -0.39 is 5.82 Å². The maximum atomic E-state index is 13.8. The molecule has 0 aromatic heterocycles. The summed E-state index contributed by atoms with van der Waals surface area (Å²) in [6, 6.07) is 7.98. The largest absolute Gasteiger partial charge is 0.378 e. The molecule has 0 bridgehead atoms. The molecule has 1 N–H and O–H groups in total. The summed E-state index contributed by atoms with van der Waals surface area (Å²) in [7, 11) is 0. The van der Waals surface area contributed by atoms with E-state index in [1.54, 1.807) is 6.07 Å². The van der Waals surface area contributed by atoms with Crippen molar-refractivity contribution < 1.29 is 8.78 Å². The minimum atomic E-state index is -0.630. The van der Waals surface area contributed by atoms with Crippen LogP contribution in [0.25, 0.3) is 0 Å². The molecule has 0 saturated heterocycles. The smallest absolute Gasteiger partial charge is 0.160 e. The summed E-state index contributed by atoms with van der Waals surface area (Å²) in [6.45, 7) is 0. The van der Waals surface area contributed by atoms with Crippen LogP contribution in [0.5, 0.6) is 0 Å². The van der Waals surface area contributed by atoms with Crippen LogP contribution in [0.3, 0.4) is 0 Å². The molecule has 0 fully saturated rings. The van der Waals surface area contributed by atoms with E-state index in [4.69, 9.17) is 23.2 Å². The molecule has 1 nitrogen and oxygen atoms in total. The molecule has 0 aliphatic carbocycles. The Morgan fingerprint density at radius 1 is 1.14 bits per heavy atom. The van der Waals surface area contributed by atoms with Crippen molar-refractivity contribution >= 4 is 40.7 Å². The Balaban J connectivity index is 1.92. The van der Waals surface area contributed by atoms with E-state index in [0.29, 0.717) is 10.6 Å². The molecule has 6 heteroatoms. The van der Waals surface area contributed by atoms with Gasteiger partial charge in [0.1, 0.15) is 5.82 Å². The molecular formula is C15H11Cl2F2NS. The summed E-state index contributed by atoms with van der Waals surface area (Å²) in [5, 5.41) is 3.19. The maximum Gasteiger partial charge on any atom is 0.160 e. The zero-order valence-corrected chi connectivity index (χ0v) is 13.1. The minimum Gasteiger partial charge on any atom is -0.378 e. The SMILES string of the molecule is Fc1cccc2c1SCCC2Nc1cc(Cl)c(F)c(Cl)c1. The Morgan fingerprint density at radius 3 is 2.57 bits per heavy atom. The van der Waals surface area contributed by atoms with Crippen molar-refractivity contribution in [3.05, 3.63) is 57.6 Å². The number of hydrogen-bond donors (Lipinski definition) is 1. The summed E-state index contributed by atoms with van der Waals surface area (Å²) in [4.78, 5) is 0.667. The van der Waals surface area contributed by atoms with E-state index in [0.717, 1.165) is 17.7 Å². The van der Waals surface area contributed by atoms with E-state index in [9.17, 15) is 8.78 Å². The maximum absolute atomic E-state index is 13.8. The monoisotopic (exact) mass is 345 g/mol. The van der Waals surface area contributed by atoms with Gasteiger partial charge in [0, 0.05) is 16.3 Å². The van der Waals surface area contributed by atoms with Gasteiger partial charge in [0.05, 0.1) is 16.1 Å². The summed E-state index contributed by atoms with van der Waals surface area (Å²) < 4.78 is 27.3. The van der Waals surface area contributed by atoms with E-state index in [1.165, 1.54) is 30.0 Å². The third kappa shape index (κ3) is 2.98. The van der Waals surface area contributed by atoms with Crippen LogP contribution in [-0.4, -0.2) is 5.75 Å². The van der Waals surface area contributed by atoms with Crippen molar-refractivity contribution in [1.82, 2.24) is 0 Å². The Kier molecular flexibility index (Phi) is 4.29. The van der Waals surface area contributed by atoms with Gasteiger partial charge in [-0.15, -0.1) is 11.8 Å². The van der Waals surface area contributed by atoms with Crippen molar-refractivity contribution in [2.24, 2.45) is 0 Å². The Hall–Kier alpha value is -0.970. The highest BCUT2D eigenvalue weighted by Crippen LogP contribution is 2.40. The van der Waals surface area contributed by atoms with Crippen LogP contribution in [0.2, 0.25) is 10.0 Å². The van der Waals surface area contributed by atoms with Crippen molar-refractivity contribution in [2.75, 3.05) is 11.1 Å². The number of nitrogens with one attached hydrogen (secondary N) is 1. The summed E-state index contributed by atoms with van der Waals surface area (Å²) in [5.41, 5.74) is 1.53. The second-order valence-corrected chi connectivity index (χ2v) is 6.67. The second kappa shape index (κ2) is 6.03. The number of anilines is 1. The van der Waals surface area contributed by atoms with Gasteiger partial charge in [-0.3, -0.25) is 0 Å². The third-order valence-electron chi connectivity index (χ3n) is 3.35. The third-order valence-corrected chi connectivity index (χ3v) is 5.06. The van der Waals surface area contributed by atoms with Crippen molar-refractivity contribution in [2.45, 2.75) is 17.4 Å². The van der Waals surface area contributed by atoms with Crippen molar-refractivity contribution in [3.8, 4) is 0 Å². The first-order valence-corrected chi connectivity index (χ1v) is 8.12. The fourth-order valence-electron chi connectivity index (χ4n) is 2.38. The minimum absolute atomic E-state index is 0.0327. The number of hydrogen-bond acceptors (Lipinski definition) is 2. The number of thioether (sulfide) groups is 1. The van der Waals surface area contributed by atoms with Crippen LogP contribution in [0.1, 0.15) is 18.0 Å². The number of benzene rings is 2. The van der Waals surface area contributed by atoms with Gasteiger partial charge in [0.25, 0.3) is 0 Å². The van der Waals surface area contributed by atoms with E-state index in [2.05, 4.69) is 5.32 Å². The van der Waals surface area contributed by atoms with E-state index >= 15 is 0 Å². The van der Waals surface area contributed by atoms with Gasteiger partial charge in [-0.05, 0) is 30.2 Å². The molecule has 0 amide bonds. The fraction of sp³-hybridized carbons (Fsp3) is 0.200. The standard InChI is InChI=1S/C15H11Cl2F2NS/c16-10-6-8(7-11(17)14(10)19)20-13-4-5-21-15-9(13)2-1-3-12(15)18/h1-3,6-7,13,20H,4-5H2. The number of fused-ring (bicyclic) bond motifs is 1. The van der Waals surface area contributed by atoms with E-state index in [-0.39, 0.29) is 21.9 Å². The topological polar surface area (TPSA) is 12.0 Å². The molecule has 0 saturated carbocycles. The van der Waals surface area contributed by atoms with Gasteiger partial charge in [-0.2, -0.15) is 0 Å². The molecule has 1 aliphatic heterocycles. The average Bonchev–Trinajstić information content (AvgIpc) is 2.46. The van der Waals surface area contributed by atoms with Crippen LogP contribution < -0.4 is 5.32 Å². The quantitative estimate of drug-likeness (QED) is 0.678. The normalized spacial score (nSPS) is 17.4. The highest BCUT2D eigenvalue weighted by molar-refractivity contribution is 7.99. The highest BCUT2D eigenvalue weighted by atomic mass is 35.5. The van der Waals surface area contributed by atoms with Crippen molar-refractivity contribution in [1.29, 1.82) is 0 Å². The zero-order valence-electron chi connectivity index (χ0n) is 10.8. The predicted molar refractivity (Wildman–Crippen MR) is 84.5 cm³/mol. The molecule has 0 radical (unpaired) electrons. The Labute approximate surface area is 135 Å². The molecule has 2 aromatic rings. The molecule has 21 heavy (non-hydrogen) atoms. The van der Waals surface area contributed by atoms with Crippen LogP contribution in [-0.2, 0) is 0 Å². The Bertz CT molecular complexity index is 670. The van der Waals surface area contributed by atoms with Crippen molar-refractivity contribution in [3.63, 3.8) is 0 Å². The van der Waals surface area contributed by atoms with Gasteiger partial charge < -0.3 is 5.32 Å². The lowest BCUT2D eigenvalue weighted by Gasteiger charge is -2.27. The average molecular weight is 346 g/mol. The lowest BCUT2D eigenvalue weighted by atomic mass is 10.0. The molecule has 2 aromatic carbocycles. The van der Waals surface area contributed by atoms with Gasteiger partial charge in [0.15, 0.2) is 5.82 Å². The second-order valence-electron chi connectivity index (χ2n) is 4.75. The van der Waals surface area contributed by atoms with Gasteiger partial charge in [0.2, 0.25) is 0 Å². The fourth-order valence-corrected chi connectivity index (χ4v) is 4.00. The van der Waals surface area contributed by atoms with Crippen LogP contribution in [0.15, 0.2) is 35.2 Å². The number of halogens is 4. The summed E-state index contributed by atoms with van der Waals surface area (Å²) >= 11 is 13.1. The number of rotatable bonds is 2. The zero-order chi connectivity index (χ0) is 15.0. The molecular weight excluding hydrogens is 335 g/mol. The summed E-state index contributed by atoms with van der Waals surface area (Å²) in [6.07, 6.45) is 0.841. The van der Waals surface area contributed by atoms with Gasteiger partial charge >= 0.3 is 0 Å². The first-order valence-electron chi connectivity index (χ1n) is 6.38. The molecule has 3 rings (SSSR count). The molecule has 1 atom stereocenters. The van der Waals surface area contributed by atoms with Crippen LogP contribution in [0.4, 0.5) is 14.5 Å². The summed E-state index contributed by atoms with van der Waals surface area (Å²) in [5.74, 6) is -0.0254. The van der Waals surface area contributed by atoms with E-state index in [1.807, 2.05) is 6.07 Å². The molecule has 1 unspecified atom stereocenters. The molecule has 1 aliphatic rings. The lowest BCUT2D eigenvalue weighted by molar-refractivity contribution is 0.585. The first kappa shape index (κ1) is 14.9. The first-order chi connectivity index (χ1) is 10.1. The van der Waals surface area contributed by atoms with Gasteiger partial charge in [-0.25, -0.2) is 8.78 Å². The molecule has 1 heterocycles. The van der Waals surface area contributed by atoms with Crippen LogP contribution in [0, 0.1) is 11.6 Å².